The van der Waals surface area contributed by atoms with Crippen LogP contribution in [0.4, 0.5) is 5.69 Å². The monoisotopic (exact) mass is 393 g/mol. The Morgan fingerprint density at radius 1 is 1.17 bits per heavy atom. The van der Waals surface area contributed by atoms with Crippen molar-refractivity contribution in [1.29, 1.82) is 0 Å². The molecule has 0 saturated carbocycles. The lowest BCUT2D eigenvalue weighted by atomic mass is 10.1. The van der Waals surface area contributed by atoms with Crippen LogP contribution in [0.3, 0.4) is 0 Å². The van der Waals surface area contributed by atoms with E-state index in [-0.39, 0.29) is 12.3 Å². The molecule has 0 spiro atoms. The molecular weight excluding hydrogens is 382 g/mol. The Kier molecular flexibility index (Phi) is 4.68. The van der Waals surface area contributed by atoms with Crippen LogP contribution in [0.1, 0.15) is 6.42 Å². The van der Waals surface area contributed by atoms with Crippen LogP contribution in [0.25, 0.3) is 0 Å². The van der Waals surface area contributed by atoms with Crippen molar-refractivity contribution in [2.45, 2.75) is 6.42 Å². The van der Waals surface area contributed by atoms with E-state index in [0.717, 1.165) is 10.2 Å². The second-order valence-corrected chi connectivity index (χ2v) is 6.56. The molecule has 0 aliphatic carbocycles. The highest BCUT2D eigenvalue weighted by Gasteiger charge is 2.36. The third-order valence-electron chi connectivity index (χ3n) is 3.64. The number of para-hydroxylation sites is 1. The molecule has 118 valence electrons. The van der Waals surface area contributed by atoms with Crippen LogP contribution in [0, 0.1) is 5.92 Å². The van der Waals surface area contributed by atoms with Gasteiger partial charge in [0.25, 0.3) is 0 Å². The highest BCUT2D eigenvalue weighted by Crippen LogP contribution is 2.29. The van der Waals surface area contributed by atoms with E-state index in [1.165, 1.54) is 0 Å². The summed E-state index contributed by atoms with van der Waals surface area (Å²) >= 11 is 9.34. The smallest absolute Gasteiger partial charge is 0.316 e. The van der Waals surface area contributed by atoms with Gasteiger partial charge in [0.05, 0.1) is 10.9 Å². The summed E-state index contributed by atoms with van der Waals surface area (Å²) in [5, 5.41) is 0.370. The van der Waals surface area contributed by atoms with Gasteiger partial charge in [0.1, 0.15) is 5.75 Å². The van der Waals surface area contributed by atoms with E-state index in [1.54, 1.807) is 29.2 Å². The summed E-state index contributed by atoms with van der Waals surface area (Å²) in [5.41, 5.74) is 0.770. The molecule has 1 heterocycles. The summed E-state index contributed by atoms with van der Waals surface area (Å²) in [6, 6.07) is 14.2. The van der Waals surface area contributed by atoms with Crippen molar-refractivity contribution < 1.29 is 14.3 Å². The summed E-state index contributed by atoms with van der Waals surface area (Å²) in [7, 11) is 0. The minimum absolute atomic E-state index is 0.0894. The third-order valence-corrected chi connectivity index (χ3v) is 4.48. The maximum atomic E-state index is 12.3. The maximum Gasteiger partial charge on any atom is 0.316 e. The molecule has 1 aliphatic heterocycles. The first-order chi connectivity index (χ1) is 11.0. The average Bonchev–Trinajstić information content (AvgIpc) is 2.92. The van der Waals surface area contributed by atoms with Crippen molar-refractivity contribution in [3.8, 4) is 5.75 Å². The van der Waals surface area contributed by atoms with Crippen LogP contribution in [0.2, 0.25) is 5.02 Å². The second kappa shape index (κ2) is 6.72. The van der Waals surface area contributed by atoms with Gasteiger partial charge in [0, 0.05) is 23.1 Å². The van der Waals surface area contributed by atoms with E-state index in [9.17, 15) is 9.59 Å². The molecule has 0 radical (unpaired) electrons. The molecule has 1 amide bonds. The minimum Gasteiger partial charge on any atom is -0.425 e. The number of anilines is 1. The number of ether oxygens (including phenoxy) is 1. The van der Waals surface area contributed by atoms with Gasteiger partial charge in [0.15, 0.2) is 0 Å². The van der Waals surface area contributed by atoms with Gasteiger partial charge in [-0.2, -0.15) is 0 Å². The van der Waals surface area contributed by atoms with Crippen LogP contribution >= 0.6 is 27.5 Å². The number of nitrogens with zero attached hydrogens (tertiary/aromatic N) is 1. The fourth-order valence-electron chi connectivity index (χ4n) is 2.46. The normalized spacial score (nSPS) is 17.4. The van der Waals surface area contributed by atoms with E-state index >= 15 is 0 Å². The van der Waals surface area contributed by atoms with E-state index in [4.69, 9.17) is 16.3 Å². The van der Waals surface area contributed by atoms with Gasteiger partial charge >= 0.3 is 5.97 Å². The number of halogens is 2. The summed E-state index contributed by atoms with van der Waals surface area (Å²) in [6.07, 6.45) is 0.138. The van der Waals surface area contributed by atoms with Crippen molar-refractivity contribution in [3.05, 3.63) is 58.0 Å². The maximum absolute atomic E-state index is 12.3. The minimum atomic E-state index is -0.498. The van der Waals surface area contributed by atoms with Gasteiger partial charge in [-0.3, -0.25) is 9.59 Å². The van der Waals surface area contributed by atoms with Crippen LogP contribution in [-0.4, -0.2) is 18.4 Å². The SMILES string of the molecule is O=C(Oc1ccccc1Cl)[C@H]1CC(=O)N(c2ccc(Br)cc2)C1. The topological polar surface area (TPSA) is 46.6 Å². The van der Waals surface area contributed by atoms with Gasteiger partial charge in [-0.15, -0.1) is 0 Å². The molecule has 4 nitrogen and oxygen atoms in total. The highest BCUT2D eigenvalue weighted by atomic mass is 79.9. The summed E-state index contributed by atoms with van der Waals surface area (Å²) in [5.74, 6) is -0.712. The molecule has 0 bridgehead atoms. The lowest BCUT2D eigenvalue weighted by Gasteiger charge is -2.16. The number of hydrogen-bond acceptors (Lipinski definition) is 3. The van der Waals surface area contributed by atoms with Crippen molar-refractivity contribution in [3.63, 3.8) is 0 Å². The van der Waals surface area contributed by atoms with Gasteiger partial charge < -0.3 is 9.64 Å². The number of benzene rings is 2. The quantitative estimate of drug-likeness (QED) is 0.582. The molecule has 0 aromatic heterocycles. The van der Waals surface area contributed by atoms with E-state index < -0.39 is 11.9 Å². The molecule has 0 N–H and O–H groups in total. The van der Waals surface area contributed by atoms with Crippen LogP contribution in [0.15, 0.2) is 53.0 Å². The van der Waals surface area contributed by atoms with E-state index in [1.807, 2.05) is 24.3 Å². The van der Waals surface area contributed by atoms with Gasteiger partial charge in [-0.25, -0.2) is 0 Å². The molecule has 2 aromatic rings. The Bertz CT molecular complexity index is 748. The largest absolute Gasteiger partial charge is 0.425 e. The highest BCUT2D eigenvalue weighted by molar-refractivity contribution is 9.10. The average molecular weight is 395 g/mol. The zero-order chi connectivity index (χ0) is 16.4. The number of rotatable bonds is 3. The molecule has 1 aliphatic rings. The molecule has 1 fully saturated rings. The number of esters is 1. The fraction of sp³-hybridized carbons (Fsp3) is 0.176. The zero-order valence-electron chi connectivity index (χ0n) is 12.0. The van der Waals surface area contributed by atoms with Crippen molar-refractivity contribution >= 4 is 45.1 Å². The Morgan fingerprint density at radius 2 is 1.87 bits per heavy atom. The lowest BCUT2D eigenvalue weighted by Crippen LogP contribution is -2.27. The molecular formula is C17H13BrClNO3. The Hall–Kier alpha value is -1.85. The molecule has 0 unspecified atom stereocenters. The summed E-state index contributed by atoms with van der Waals surface area (Å²) in [6.45, 7) is 0.309. The van der Waals surface area contributed by atoms with Crippen molar-refractivity contribution in [1.82, 2.24) is 0 Å². The Morgan fingerprint density at radius 3 is 2.57 bits per heavy atom. The van der Waals surface area contributed by atoms with Gasteiger partial charge in [-0.1, -0.05) is 39.7 Å². The first-order valence-corrected chi connectivity index (χ1v) is 8.24. The van der Waals surface area contributed by atoms with Crippen LogP contribution < -0.4 is 9.64 Å². The Balaban J connectivity index is 1.71. The van der Waals surface area contributed by atoms with Crippen LogP contribution in [0.5, 0.6) is 5.75 Å². The van der Waals surface area contributed by atoms with E-state index in [0.29, 0.717) is 17.3 Å². The van der Waals surface area contributed by atoms with E-state index in [2.05, 4.69) is 15.9 Å². The molecule has 6 heteroatoms. The number of carbonyl (C=O) groups excluding carboxylic acids is 2. The van der Waals surface area contributed by atoms with Gasteiger partial charge in [0.2, 0.25) is 5.91 Å². The molecule has 1 atom stereocenters. The summed E-state index contributed by atoms with van der Waals surface area (Å²) in [4.78, 5) is 26.1. The standard InChI is InChI=1S/C17H13BrClNO3/c18-12-5-7-13(8-6-12)20-10-11(9-16(20)21)17(22)23-15-4-2-1-3-14(15)19/h1-8,11H,9-10H2/t11-/m0/s1. The first kappa shape index (κ1) is 16.0. The second-order valence-electron chi connectivity index (χ2n) is 5.23. The molecule has 3 rings (SSSR count). The number of hydrogen-bond donors (Lipinski definition) is 0. The predicted octanol–water partition coefficient (Wildman–Crippen LogP) is 4.06. The lowest BCUT2D eigenvalue weighted by molar-refractivity contribution is -0.139. The molecule has 23 heavy (non-hydrogen) atoms. The number of amides is 1. The molecule has 2 aromatic carbocycles. The third kappa shape index (κ3) is 3.57. The zero-order valence-corrected chi connectivity index (χ0v) is 14.4. The number of carbonyl (C=O) groups is 2. The van der Waals surface area contributed by atoms with Crippen LogP contribution in [-0.2, 0) is 9.59 Å². The Labute approximate surface area is 147 Å². The van der Waals surface area contributed by atoms with Gasteiger partial charge in [-0.05, 0) is 36.4 Å². The fourth-order valence-corrected chi connectivity index (χ4v) is 2.89. The molecule has 1 saturated heterocycles. The predicted molar refractivity (Wildman–Crippen MR) is 91.7 cm³/mol. The first-order valence-electron chi connectivity index (χ1n) is 7.07. The van der Waals surface area contributed by atoms with Crippen molar-refractivity contribution in [2.75, 3.05) is 11.4 Å². The van der Waals surface area contributed by atoms with Crippen molar-refractivity contribution in [2.24, 2.45) is 5.92 Å². The summed E-state index contributed by atoms with van der Waals surface area (Å²) < 4.78 is 6.26.